The lowest BCUT2D eigenvalue weighted by molar-refractivity contribution is -0.143. The standard InChI is InChI=1S/C15H18N2O2/c1-11-7-12(8-16)4-5-13(11)9-17-6-2-3-14(10-17)15(18)19/h4-5,7,14H,2-3,6,9-10H2,1H3,(H,18,19). The minimum atomic E-state index is -0.693. The van der Waals surface area contributed by atoms with Crippen LogP contribution in [0.2, 0.25) is 0 Å². The molecule has 0 aliphatic carbocycles. The molecule has 1 heterocycles. The highest BCUT2D eigenvalue weighted by atomic mass is 16.4. The third kappa shape index (κ3) is 3.33. The van der Waals surface area contributed by atoms with Crippen molar-refractivity contribution in [2.45, 2.75) is 26.3 Å². The number of carboxylic acid groups (broad SMARTS) is 1. The monoisotopic (exact) mass is 258 g/mol. The summed E-state index contributed by atoms with van der Waals surface area (Å²) in [5, 5.41) is 17.9. The molecular weight excluding hydrogens is 240 g/mol. The fraction of sp³-hybridized carbons (Fsp3) is 0.467. The summed E-state index contributed by atoms with van der Waals surface area (Å²) in [6.45, 7) is 4.33. The molecule has 1 aliphatic heterocycles. The number of aliphatic carboxylic acids is 1. The van der Waals surface area contributed by atoms with Crippen LogP contribution >= 0.6 is 0 Å². The molecule has 0 saturated carbocycles. The maximum atomic E-state index is 11.0. The van der Waals surface area contributed by atoms with Crippen LogP contribution in [0, 0.1) is 24.2 Å². The van der Waals surface area contributed by atoms with E-state index < -0.39 is 5.97 Å². The fourth-order valence-corrected chi connectivity index (χ4v) is 2.58. The van der Waals surface area contributed by atoms with E-state index in [2.05, 4.69) is 11.0 Å². The van der Waals surface area contributed by atoms with Gasteiger partial charge in [0.25, 0.3) is 0 Å². The third-order valence-electron chi connectivity index (χ3n) is 3.72. The first-order valence-electron chi connectivity index (χ1n) is 6.55. The molecule has 1 N–H and O–H groups in total. The molecule has 0 spiro atoms. The second-order valence-corrected chi connectivity index (χ2v) is 5.17. The number of nitrogens with zero attached hydrogens (tertiary/aromatic N) is 2. The van der Waals surface area contributed by atoms with Crippen LogP contribution in [0.5, 0.6) is 0 Å². The van der Waals surface area contributed by atoms with Gasteiger partial charge in [0.05, 0.1) is 17.6 Å². The molecule has 1 aliphatic rings. The number of rotatable bonds is 3. The Morgan fingerprint density at radius 3 is 3.00 bits per heavy atom. The van der Waals surface area contributed by atoms with Crippen molar-refractivity contribution < 1.29 is 9.90 Å². The number of likely N-dealkylation sites (tertiary alicyclic amines) is 1. The second-order valence-electron chi connectivity index (χ2n) is 5.17. The predicted octanol–water partition coefficient (Wildman–Crippen LogP) is 2.16. The first-order valence-corrected chi connectivity index (χ1v) is 6.55. The van der Waals surface area contributed by atoms with Gasteiger partial charge in [-0.15, -0.1) is 0 Å². The van der Waals surface area contributed by atoms with Crippen LogP contribution in [0.1, 0.15) is 29.5 Å². The van der Waals surface area contributed by atoms with Gasteiger partial charge in [-0.1, -0.05) is 6.07 Å². The van der Waals surface area contributed by atoms with Crippen LogP contribution in [0.4, 0.5) is 0 Å². The Bertz CT molecular complexity index is 519. The van der Waals surface area contributed by atoms with Gasteiger partial charge >= 0.3 is 5.97 Å². The fourth-order valence-electron chi connectivity index (χ4n) is 2.58. The molecule has 19 heavy (non-hydrogen) atoms. The topological polar surface area (TPSA) is 64.3 Å². The quantitative estimate of drug-likeness (QED) is 0.902. The number of carboxylic acids is 1. The number of hydrogen-bond acceptors (Lipinski definition) is 3. The van der Waals surface area contributed by atoms with Crippen molar-refractivity contribution >= 4 is 5.97 Å². The Morgan fingerprint density at radius 2 is 2.37 bits per heavy atom. The van der Waals surface area contributed by atoms with Crippen LogP contribution in [0.25, 0.3) is 0 Å². The van der Waals surface area contributed by atoms with Crippen molar-refractivity contribution in [1.29, 1.82) is 5.26 Å². The van der Waals surface area contributed by atoms with E-state index in [0.717, 1.165) is 31.5 Å². The smallest absolute Gasteiger partial charge is 0.307 e. The Hall–Kier alpha value is -1.86. The van der Waals surface area contributed by atoms with Gasteiger partial charge in [-0.2, -0.15) is 5.26 Å². The average molecular weight is 258 g/mol. The number of nitriles is 1. The van der Waals surface area contributed by atoms with Crippen LogP contribution in [0.15, 0.2) is 18.2 Å². The summed E-state index contributed by atoms with van der Waals surface area (Å²) in [5.41, 5.74) is 2.94. The third-order valence-corrected chi connectivity index (χ3v) is 3.72. The molecule has 1 saturated heterocycles. The number of aryl methyl sites for hydroxylation is 1. The zero-order chi connectivity index (χ0) is 13.8. The molecule has 0 bridgehead atoms. The highest BCUT2D eigenvalue weighted by molar-refractivity contribution is 5.70. The largest absolute Gasteiger partial charge is 0.481 e. The van der Waals surface area contributed by atoms with Crippen molar-refractivity contribution in [2.75, 3.05) is 13.1 Å². The van der Waals surface area contributed by atoms with Gasteiger partial charge in [-0.05, 0) is 49.6 Å². The van der Waals surface area contributed by atoms with E-state index in [1.807, 2.05) is 25.1 Å². The Morgan fingerprint density at radius 1 is 1.58 bits per heavy atom. The van der Waals surface area contributed by atoms with Gasteiger partial charge < -0.3 is 5.11 Å². The van der Waals surface area contributed by atoms with Crippen molar-refractivity contribution in [3.63, 3.8) is 0 Å². The summed E-state index contributed by atoms with van der Waals surface area (Å²) in [5.74, 6) is -0.936. The lowest BCUT2D eigenvalue weighted by atomic mass is 9.97. The number of piperidine rings is 1. The van der Waals surface area contributed by atoms with E-state index in [4.69, 9.17) is 10.4 Å². The minimum Gasteiger partial charge on any atom is -0.481 e. The van der Waals surface area contributed by atoms with Crippen LogP contribution in [0.3, 0.4) is 0 Å². The van der Waals surface area contributed by atoms with Crippen LogP contribution in [-0.2, 0) is 11.3 Å². The summed E-state index contributed by atoms with van der Waals surface area (Å²) >= 11 is 0. The van der Waals surface area contributed by atoms with Gasteiger partial charge in [0.15, 0.2) is 0 Å². The first-order chi connectivity index (χ1) is 9.10. The zero-order valence-electron chi connectivity index (χ0n) is 11.1. The van der Waals surface area contributed by atoms with E-state index in [1.54, 1.807) is 0 Å². The Kier molecular flexibility index (Phi) is 4.18. The molecule has 100 valence electrons. The molecule has 2 rings (SSSR count). The maximum absolute atomic E-state index is 11.0. The SMILES string of the molecule is Cc1cc(C#N)ccc1CN1CCCC(C(=O)O)C1. The maximum Gasteiger partial charge on any atom is 0.307 e. The summed E-state index contributed by atoms with van der Waals surface area (Å²) in [4.78, 5) is 13.2. The lowest BCUT2D eigenvalue weighted by Gasteiger charge is -2.31. The highest BCUT2D eigenvalue weighted by Gasteiger charge is 2.25. The molecule has 1 atom stereocenters. The summed E-state index contributed by atoms with van der Waals surface area (Å²) in [6.07, 6.45) is 1.71. The molecule has 0 aromatic heterocycles. The summed E-state index contributed by atoms with van der Waals surface area (Å²) < 4.78 is 0. The van der Waals surface area contributed by atoms with Crippen LogP contribution in [-0.4, -0.2) is 29.1 Å². The lowest BCUT2D eigenvalue weighted by Crippen LogP contribution is -2.38. The number of benzene rings is 1. The van der Waals surface area contributed by atoms with Crippen molar-refractivity contribution in [3.8, 4) is 6.07 Å². The molecule has 4 nitrogen and oxygen atoms in total. The molecule has 1 aromatic carbocycles. The van der Waals surface area contributed by atoms with Gasteiger partial charge in [0, 0.05) is 13.1 Å². The van der Waals surface area contributed by atoms with E-state index in [1.165, 1.54) is 5.56 Å². The van der Waals surface area contributed by atoms with E-state index >= 15 is 0 Å². The Balaban J connectivity index is 2.05. The van der Waals surface area contributed by atoms with E-state index in [9.17, 15) is 4.79 Å². The second kappa shape index (κ2) is 5.85. The van der Waals surface area contributed by atoms with Gasteiger partial charge in [-0.25, -0.2) is 0 Å². The molecule has 1 unspecified atom stereocenters. The number of carbonyl (C=O) groups is 1. The van der Waals surface area contributed by atoms with Crippen molar-refractivity contribution in [1.82, 2.24) is 4.90 Å². The molecular formula is C15H18N2O2. The van der Waals surface area contributed by atoms with Crippen LogP contribution < -0.4 is 0 Å². The molecule has 1 fully saturated rings. The molecule has 1 aromatic rings. The number of hydrogen-bond donors (Lipinski definition) is 1. The van der Waals surface area contributed by atoms with Gasteiger partial charge in [0.2, 0.25) is 0 Å². The first kappa shape index (κ1) is 13.6. The summed E-state index contributed by atoms with van der Waals surface area (Å²) in [6, 6.07) is 7.80. The van der Waals surface area contributed by atoms with Crippen molar-refractivity contribution in [3.05, 3.63) is 34.9 Å². The summed E-state index contributed by atoms with van der Waals surface area (Å²) in [7, 11) is 0. The average Bonchev–Trinajstić information content (AvgIpc) is 2.41. The minimum absolute atomic E-state index is 0.243. The molecule has 0 radical (unpaired) electrons. The zero-order valence-corrected chi connectivity index (χ0v) is 11.1. The van der Waals surface area contributed by atoms with Gasteiger partial charge in [0.1, 0.15) is 0 Å². The van der Waals surface area contributed by atoms with E-state index in [-0.39, 0.29) is 5.92 Å². The van der Waals surface area contributed by atoms with Crippen molar-refractivity contribution in [2.24, 2.45) is 5.92 Å². The molecule has 0 amide bonds. The Labute approximate surface area is 113 Å². The highest BCUT2D eigenvalue weighted by Crippen LogP contribution is 2.20. The predicted molar refractivity (Wildman–Crippen MR) is 71.5 cm³/mol. The normalized spacial score (nSPS) is 19.9. The van der Waals surface area contributed by atoms with Gasteiger partial charge in [-0.3, -0.25) is 9.69 Å². The van der Waals surface area contributed by atoms with E-state index in [0.29, 0.717) is 12.1 Å². The molecule has 4 heteroatoms.